The Morgan fingerprint density at radius 3 is 2.55 bits per heavy atom. The number of amides is 1. The molecule has 4 rings (SSSR count). The number of fused-ring (bicyclic) bond motifs is 1. The minimum absolute atomic E-state index is 0.225. The largest absolute Gasteiger partial charge is 0.497 e. The maximum Gasteiger partial charge on any atom is 0.248 e. The first-order valence-electron chi connectivity index (χ1n) is 8.90. The quantitative estimate of drug-likeness (QED) is 0.385. The topological polar surface area (TPSA) is 64.4 Å². The molecule has 0 saturated heterocycles. The zero-order chi connectivity index (χ0) is 20.2. The summed E-state index contributed by atoms with van der Waals surface area (Å²) >= 11 is 3.42. The summed E-state index contributed by atoms with van der Waals surface area (Å²) in [4.78, 5) is 16.8. The normalized spacial score (nSPS) is 11.1. The van der Waals surface area contributed by atoms with Crippen LogP contribution in [-0.2, 0) is 4.79 Å². The molecular weight excluding hydrogens is 432 g/mol. The number of nitrogens with one attached hydrogen (secondary N) is 1. The molecule has 1 heterocycles. The number of carbonyl (C=O) groups excluding carboxylic acids is 1. The van der Waals surface area contributed by atoms with Crippen molar-refractivity contribution in [2.24, 2.45) is 0 Å². The van der Waals surface area contributed by atoms with E-state index in [1.165, 1.54) is 6.08 Å². The molecular formula is C23H17BrN2O3. The van der Waals surface area contributed by atoms with Gasteiger partial charge in [0.2, 0.25) is 11.8 Å². The Bertz CT molecular complexity index is 1180. The predicted octanol–water partition coefficient (Wildman–Crippen LogP) is 5.92. The van der Waals surface area contributed by atoms with Gasteiger partial charge in [-0.1, -0.05) is 28.1 Å². The lowest BCUT2D eigenvalue weighted by atomic mass is 10.2. The molecule has 1 amide bonds. The van der Waals surface area contributed by atoms with Crippen molar-refractivity contribution in [1.29, 1.82) is 0 Å². The molecule has 1 N–H and O–H groups in total. The lowest BCUT2D eigenvalue weighted by Gasteiger charge is -2.02. The van der Waals surface area contributed by atoms with Gasteiger partial charge in [0, 0.05) is 21.8 Å². The molecule has 29 heavy (non-hydrogen) atoms. The number of hydrogen-bond acceptors (Lipinski definition) is 4. The van der Waals surface area contributed by atoms with Crippen molar-refractivity contribution in [3.63, 3.8) is 0 Å². The highest BCUT2D eigenvalue weighted by Gasteiger charge is 2.09. The Labute approximate surface area is 176 Å². The van der Waals surface area contributed by atoms with Gasteiger partial charge >= 0.3 is 0 Å². The second-order valence-corrected chi connectivity index (χ2v) is 7.22. The average molecular weight is 449 g/mol. The molecule has 1 aromatic heterocycles. The van der Waals surface area contributed by atoms with Gasteiger partial charge in [0.15, 0.2) is 5.58 Å². The van der Waals surface area contributed by atoms with Crippen LogP contribution in [0.2, 0.25) is 0 Å². The summed E-state index contributed by atoms with van der Waals surface area (Å²) in [5, 5.41) is 2.85. The Kier molecular flexibility index (Phi) is 5.44. The number of rotatable bonds is 5. The van der Waals surface area contributed by atoms with E-state index >= 15 is 0 Å². The summed E-state index contributed by atoms with van der Waals surface area (Å²) in [6.45, 7) is 0. The van der Waals surface area contributed by atoms with E-state index in [9.17, 15) is 4.79 Å². The number of oxazole rings is 1. The molecule has 0 fully saturated rings. The van der Waals surface area contributed by atoms with E-state index in [2.05, 4.69) is 26.2 Å². The van der Waals surface area contributed by atoms with Crippen molar-refractivity contribution < 1.29 is 13.9 Å². The van der Waals surface area contributed by atoms with Crippen molar-refractivity contribution in [2.45, 2.75) is 0 Å². The minimum Gasteiger partial charge on any atom is -0.497 e. The van der Waals surface area contributed by atoms with Gasteiger partial charge in [0.05, 0.1) is 7.11 Å². The zero-order valence-electron chi connectivity index (χ0n) is 15.6. The van der Waals surface area contributed by atoms with Gasteiger partial charge in [-0.25, -0.2) is 4.98 Å². The molecule has 5 nitrogen and oxygen atoms in total. The number of hydrogen-bond donors (Lipinski definition) is 1. The number of benzene rings is 3. The monoisotopic (exact) mass is 448 g/mol. The van der Waals surface area contributed by atoms with Gasteiger partial charge in [0.1, 0.15) is 11.3 Å². The molecule has 4 aromatic rings. The van der Waals surface area contributed by atoms with E-state index in [0.29, 0.717) is 22.7 Å². The third kappa shape index (κ3) is 4.55. The van der Waals surface area contributed by atoms with Crippen molar-refractivity contribution in [1.82, 2.24) is 4.98 Å². The Hall–Kier alpha value is -3.38. The second-order valence-electron chi connectivity index (χ2n) is 6.30. The van der Waals surface area contributed by atoms with Gasteiger partial charge in [-0.2, -0.15) is 0 Å². The third-order valence-electron chi connectivity index (χ3n) is 4.29. The molecule has 0 aliphatic heterocycles. The maximum atomic E-state index is 12.2. The molecule has 3 aromatic carbocycles. The number of ether oxygens (including phenoxy) is 1. The molecule has 144 valence electrons. The summed E-state index contributed by atoms with van der Waals surface area (Å²) in [7, 11) is 1.62. The smallest absolute Gasteiger partial charge is 0.248 e. The Morgan fingerprint density at radius 1 is 1.07 bits per heavy atom. The number of nitrogens with zero attached hydrogens (tertiary/aromatic N) is 1. The van der Waals surface area contributed by atoms with Crippen LogP contribution >= 0.6 is 15.9 Å². The van der Waals surface area contributed by atoms with Crippen molar-refractivity contribution in [3.8, 4) is 17.2 Å². The van der Waals surface area contributed by atoms with Gasteiger partial charge in [-0.15, -0.1) is 0 Å². The van der Waals surface area contributed by atoms with Gasteiger partial charge < -0.3 is 14.5 Å². The van der Waals surface area contributed by atoms with Crippen LogP contribution in [-0.4, -0.2) is 18.0 Å². The summed E-state index contributed by atoms with van der Waals surface area (Å²) in [5.74, 6) is 1.09. The molecule has 0 aliphatic rings. The summed E-state index contributed by atoms with van der Waals surface area (Å²) < 4.78 is 11.9. The molecule has 0 radical (unpaired) electrons. The van der Waals surface area contributed by atoms with E-state index in [1.54, 1.807) is 31.4 Å². The maximum absolute atomic E-state index is 12.2. The highest BCUT2D eigenvalue weighted by molar-refractivity contribution is 9.10. The second kappa shape index (κ2) is 8.32. The third-order valence-corrected chi connectivity index (χ3v) is 4.82. The van der Waals surface area contributed by atoms with Gasteiger partial charge in [-0.3, -0.25) is 4.79 Å². The van der Waals surface area contributed by atoms with Crippen LogP contribution in [0.5, 0.6) is 5.75 Å². The Balaban J connectivity index is 1.48. The first-order chi connectivity index (χ1) is 14.1. The van der Waals surface area contributed by atoms with E-state index < -0.39 is 0 Å². The van der Waals surface area contributed by atoms with Crippen LogP contribution in [0.25, 0.3) is 28.6 Å². The molecule has 0 atom stereocenters. The predicted molar refractivity (Wildman–Crippen MR) is 118 cm³/mol. The van der Waals surface area contributed by atoms with Crippen LogP contribution in [0.1, 0.15) is 5.56 Å². The van der Waals surface area contributed by atoms with Gasteiger partial charge in [0.25, 0.3) is 0 Å². The zero-order valence-corrected chi connectivity index (χ0v) is 17.1. The molecule has 0 saturated carbocycles. The minimum atomic E-state index is -0.225. The number of halogens is 1. The number of carbonyl (C=O) groups is 1. The highest BCUT2D eigenvalue weighted by Crippen LogP contribution is 2.27. The average Bonchev–Trinajstić information content (AvgIpc) is 3.16. The van der Waals surface area contributed by atoms with Crippen LogP contribution < -0.4 is 10.1 Å². The summed E-state index contributed by atoms with van der Waals surface area (Å²) in [5.41, 5.74) is 3.79. The lowest BCUT2D eigenvalue weighted by molar-refractivity contribution is -0.111. The number of aromatic nitrogens is 1. The molecule has 0 unspecified atom stereocenters. The van der Waals surface area contributed by atoms with Crippen LogP contribution in [0.4, 0.5) is 5.69 Å². The van der Waals surface area contributed by atoms with E-state index in [-0.39, 0.29) is 5.91 Å². The Morgan fingerprint density at radius 2 is 1.83 bits per heavy atom. The van der Waals surface area contributed by atoms with E-state index in [1.807, 2.05) is 48.5 Å². The summed E-state index contributed by atoms with van der Waals surface area (Å²) in [6.07, 6.45) is 3.23. The lowest BCUT2D eigenvalue weighted by Crippen LogP contribution is -2.07. The first-order valence-corrected chi connectivity index (χ1v) is 9.70. The SMILES string of the molecule is COc1ccc(/C=C/C(=O)Nc2ccc3oc(-c4ccc(Br)cc4)nc3c2)cc1. The van der Waals surface area contributed by atoms with E-state index in [0.717, 1.165) is 21.3 Å². The fourth-order valence-corrected chi connectivity index (χ4v) is 3.06. The molecule has 0 bridgehead atoms. The van der Waals surface area contributed by atoms with Gasteiger partial charge in [-0.05, 0) is 66.2 Å². The molecule has 6 heteroatoms. The highest BCUT2D eigenvalue weighted by atomic mass is 79.9. The fraction of sp³-hybridized carbons (Fsp3) is 0.0435. The number of methoxy groups -OCH3 is 1. The molecule has 0 spiro atoms. The van der Waals surface area contributed by atoms with Crippen LogP contribution in [0.3, 0.4) is 0 Å². The van der Waals surface area contributed by atoms with Crippen LogP contribution in [0, 0.1) is 0 Å². The van der Waals surface area contributed by atoms with Crippen molar-refractivity contribution >= 4 is 44.7 Å². The standard InChI is InChI=1S/C23H17BrN2O3/c1-28-19-10-2-15(3-11-19)4-13-22(27)25-18-9-12-21-20(14-18)26-23(29-21)16-5-7-17(24)8-6-16/h2-14H,1H3,(H,25,27)/b13-4+. The summed E-state index contributed by atoms with van der Waals surface area (Å²) in [6, 6.07) is 20.6. The van der Waals surface area contributed by atoms with Crippen molar-refractivity contribution in [2.75, 3.05) is 12.4 Å². The van der Waals surface area contributed by atoms with E-state index in [4.69, 9.17) is 9.15 Å². The fourth-order valence-electron chi connectivity index (χ4n) is 2.79. The van der Waals surface area contributed by atoms with Crippen molar-refractivity contribution in [3.05, 3.63) is 82.8 Å². The molecule has 0 aliphatic carbocycles. The number of anilines is 1. The first kappa shape index (κ1) is 19.0. The van der Waals surface area contributed by atoms with Crippen LogP contribution in [0.15, 0.2) is 81.7 Å².